The molecule has 0 spiro atoms. The van der Waals surface area contributed by atoms with Crippen molar-refractivity contribution in [1.29, 1.82) is 0 Å². The summed E-state index contributed by atoms with van der Waals surface area (Å²) in [6, 6.07) is 8.15. The number of rotatable bonds is 2. The molecule has 0 unspecified atom stereocenters. The van der Waals surface area contributed by atoms with Gasteiger partial charge < -0.3 is 25.8 Å². The van der Waals surface area contributed by atoms with E-state index in [1.807, 2.05) is 27.5 Å². The molecule has 0 saturated carbocycles. The van der Waals surface area contributed by atoms with Crippen molar-refractivity contribution in [3.8, 4) is 0 Å². The van der Waals surface area contributed by atoms with Gasteiger partial charge in [-0.2, -0.15) is 0 Å². The number of morpholine rings is 1. The van der Waals surface area contributed by atoms with Crippen molar-refractivity contribution >= 4 is 98.0 Å². The second-order valence-electron chi connectivity index (χ2n) is 11.5. The molecule has 12 nitrogen and oxygen atoms in total. The first kappa shape index (κ1) is 48.1. The molecule has 0 bridgehead atoms. The summed E-state index contributed by atoms with van der Waals surface area (Å²) < 4.78 is 73.2. The number of nitrogen functional groups attached to an aromatic ring is 2. The van der Waals surface area contributed by atoms with Gasteiger partial charge in [0.05, 0.1) is 64.8 Å². The van der Waals surface area contributed by atoms with Crippen LogP contribution in [0.25, 0.3) is 0 Å². The lowest BCUT2D eigenvalue weighted by molar-refractivity contribution is 0.0635. The molecule has 0 atom stereocenters. The third-order valence-corrected chi connectivity index (χ3v) is 7.65. The number of hydrogen-bond donors (Lipinski definition) is 3. The first-order valence-electron chi connectivity index (χ1n) is 15.6. The maximum absolute atomic E-state index is 13.2. The Hall–Kier alpha value is -4.08. The molecule has 6 heterocycles. The minimum absolute atomic E-state index is 0.0231. The Morgan fingerprint density at radius 2 is 1.23 bits per heavy atom. The Morgan fingerprint density at radius 1 is 0.732 bits per heavy atom. The fraction of sp³-hybridized carbons (Fsp3) is 0.235. The van der Waals surface area contributed by atoms with Crippen LogP contribution in [-0.2, 0) is 9.47 Å². The molecule has 5 N–H and O–H groups in total. The highest BCUT2D eigenvalue weighted by Gasteiger charge is 2.18. The molecule has 6 rings (SSSR count). The molecule has 1 saturated heterocycles. The molecule has 0 radical (unpaired) electrons. The van der Waals surface area contributed by atoms with E-state index in [0.717, 1.165) is 44.1 Å². The van der Waals surface area contributed by atoms with Gasteiger partial charge in [0.1, 0.15) is 37.8 Å². The standard InChI is InChI=1S/C10H12ClFN2O2.C9H12FN3O.C5H2ClFIN.C5H4ClFN2.C5H3ClFN/c1-10(2,3)16-9(15)14-7-4-8(11)13-5-6(7)12;10-7-6-12-9(5-8(7)11)13-1-3-14-4-2-13;2*6-5-1-4(8)3(7)2-9-5;6-5-2-1-4(7)3-8-5/h4-5H,1-3H3,(H,13,14,15);5-6H,1-4H2,(H2,11,12);1-2H;1-2H,(H2,8,9);1-3H. The van der Waals surface area contributed by atoms with Gasteiger partial charge in [0.15, 0.2) is 23.3 Å². The van der Waals surface area contributed by atoms with Gasteiger partial charge in [-0.15, -0.1) is 0 Å². The number of anilines is 4. The molecule has 1 amide bonds. The fourth-order valence-electron chi connectivity index (χ4n) is 3.51. The van der Waals surface area contributed by atoms with Gasteiger partial charge in [0.2, 0.25) is 0 Å². The van der Waals surface area contributed by atoms with Gasteiger partial charge >= 0.3 is 6.09 Å². The van der Waals surface area contributed by atoms with E-state index in [0.29, 0.717) is 32.9 Å². The third kappa shape index (κ3) is 19.2. The molecular weight excluding hydrogens is 946 g/mol. The van der Waals surface area contributed by atoms with E-state index < -0.39 is 29.1 Å². The monoisotopic (exact) mass is 977 g/mol. The summed E-state index contributed by atoms with van der Waals surface area (Å²) in [7, 11) is 0. The normalized spacial score (nSPS) is 11.8. The lowest BCUT2D eigenvalue weighted by Gasteiger charge is -2.27. The highest BCUT2D eigenvalue weighted by atomic mass is 127. The second kappa shape index (κ2) is 23.9. The molecule has 0 aliphatic carbocycles. The summed E-state index contributed by atoms with van der Waals surface area (Å²) in [5, 5.41) is 3.17. The van der Waals surface area contributed by atoms with Crippen LogP contribution in [0.2, 0.25) is 20.6 Å². The largest absolute Gasteiger partial charge is 0.444 e. The number of amides is 1. The zero-order chi connectivity index (χ0) is 42.0. The van der Waals surface area contributed by atoms with Crippen LogP contribution in [0.5, 0.6) is 0 Å². The minimum Gasteiger partial charge on any atom is -0.444 e. The second-order valence-corrected chi connectivity index (χ2v) is 14.2. The Kier molecular flexibility index (Phi) is 20.5. The van der Waals surface area contributed by atoms with Crippen molar-refractivity contribution < 1.29 is 36.2 Å². The Morgan fingerprint density at radius 3 is 1.70 bits per heavy atom. The quantitative estimate of drug-likeness (QED) is 0.0876. The van der Waals surface area contributed by atoms with Crippen molar-refractivity contribution in [3.63, 3.8) is 0 Å². The summed E-state index contributed by atoms with van der Waals surface area (Å²) in [5.41, 5.74) is 10.0. The average Bonchev–Trinajstić information content (AvgIpc) is 3.13. The maximum Gasteiger partial charge on any atom is 0.412 e. The number of carbonyl (C=O) groups is 1. The van der Waals surface area contributed by atoms with Gasteiger partial charge in [-0.3, -0.25) is 5.32 Å². The highest BCUT2D eigenvalue weighted by molar-refractivity contribution is 14.1. The number of nitrogens with zero attached hydrogens (tertiary/aromatic N) is 6. The Bertz CT molecular complexity index is 1950. The van der Waals surface area contributed by atoms with Crippen LogP contribution in [0.3, 0.4) is 0 Å². The fourth-order valence-corrected chi connectivity index (χ4v) is 4.72. The van der Waals surface area contributed by atoms with Gasteiger partial charge in [0, 0.05) is 31.3 Å². The third-order valence-electron chi connectivity index (χ3n) is 5.98. The topological polar surface area (TPSA) is 167 Å². The highest BCUT2D eigenvalue weighted by Crippen LogP contribution is 2.20. The van der Waals surface area contributed by atoms with Crippen molar-refractivity contribution in [2.45, 2.75) is 26.4 Å². The van der Waals surface area contributed by atoms with Crippen LogP contribution in [0.1, 0.15) is 20.8 Å². The predicted octanol–water partition coefficient (Wildman–Crippen LogP) is 9.67. The molecule has 1 fully saturated rings. The number of pyridine rings is 5. The molecule has 1 aliphatic heterocycles. The van der Waals surface area contributed by atoms with E-state index >= 15 is 0 Å². The number of carbonyl (C=O) groups excluding carboxylic acids is 1. The lowest BCUT2D eigenvalue weighted by Crippen LogP contribution is -2.36. The molecular formula is C34H33Cl4F5IN9O3. The van der Waals surface area contributed by atoms with Crippen LogP contribution in [0.15, 0.2) is 67.4 Å². The first-order chi connectivity index (χ1) is 26.2. The van der Waals surface area contributed by atoms with Crippen molar-refractivity contribution in [2.24, 2.45) is 0 Å². The molecule has 302 valence electrons. The SMILES string of the molecule is CC(C)(C)OC(=O)Nc1cc(Cl)ncc1F.Fc1ccc(Cl)nc1.Fc1cnc(Cl)cc1I.Nc1cc(Cl)ncc1F.Nc1cc(N2CCOCC2)ncc1F. The van der Waals surface area contributed by atoms with E-state index in [9.17, 15) is 26.7 Å². The predicted molar refractivity (Wildman–Crippen MR) is 215 cm³/mol. The van der Waals surface area contributed by atoms with Gasteiger partial charge in [0.25, 0.3) is 0 Å². The van der Waals surface area contributed by atoms with E-state index in [1.54, 1.807) is 26.8 Å². The minimum atomic E-state index is -0.742. The number of nitrogens with two attached hydrogens (primary N) is 2. The summed E-state index contributed by atoms with van der Waals surface area (Å²) in [6.45, 7) is 8.04. The molecule has 56 heavy (non-hydrogen) atoms. The van der Waals surface area contributed by atoms with E-state index in [2.05, 4.69) is 30.2 Å². The van der Waals surface area contributed by atoms with Crippen LogP contribution in [-0.4, -0.2) is 62.9 Å². The van der Waals surface area contributed by atoms with Crippen molar-refractivity contribution in [1.82, 2.24) is 24.9 Å². The van der Waals surface area contributed by atoms with Gasteiger partial charge in [-0.1, -0.05) is 46.4 Å². The Balaban J connectivity index is 0.000000248. The lowest BCUT2D eigenvalue weighted by atomic mass is 10.2. The molecule has 5 aromatic heterocycles. The van der Waals surface area contributed by atoms with Crippen LogP contribution in [0.4, 0.5) is 49.6 Å². The molecule has 0 aromatic carbocycles. The van der Waals surface area contributed by atoms with Crippen LogP contribution < -0.4 is 21.7 Å². The van der Waals surface area contributed by atoms with Crippen LogP contribution in [0, 0.1) is 32.7 Å². The maximum atomic E-state index is 13.2. The molecule has 22 heteroatoms. The number of halogens is 10. The number of hydrogen-bond acceptors (Lipinski definition) is 11. The average molecular weight is 979 g/mol. The first-order valence-corrected chi connectivity index (χ1v) is 18.2. The van der Waals surface area contributed by atoms with Crippen molar-refractivity contribution in [2.75, 3.05) is 48.0 Å². The number of ether oxygens (including phenoxy) is 2. The van der Waals surface area contributed by atoms with Crippen molar-refractivity contribution in [3.05, 3.63) is 121 Å². The molecule has 1 aliphatic rings. The zero-order valence-electron chi connectivity index (χ0n) is 29.5. The van der Waals surface area contributed by atoms with E-state index in [-0.39, 0.29) is 39.0 Å². The Labute approximate surface area is 352 Å². The summed E-state index contributed by atoms with van der Waals surface area (Å²) >= 11 is 23.5. The smallest absolute Gasteiger partial charge is 0.412 e. The zero-order valence-corrected chi connectivity index (χ0v) is 34.7. The summed E-state index contributed by atoms with van der Waals surface area (Å²) in [6.07, 6.45) is 4.49. The van der Waals surface area contributed by atoms with E-state index in [1.165, 1.54) is 30.3 Å². The summed E-state index contributed by atoms with van der Waals surface area (Å²) in [5.74, 6) is -1.67. The van der Waals surface area contributed by atoms with Gasteiger partial charge in [-0.25, -0.2) is 51.7 Å². The van der Waals surface area contributed by atoms with Crippen LogP contribution >= 0.6 is 69.0 Å². The number of nitrogens with one attached hydrogen (secondary N) is 1. The molecule has 5 aromatic rings. The van der Waals surface area contributed by atoms with E-state index in [4.69, 9.17) is 67.3 Å². The summed E-state index contributed by atoms with van der Waals surface area (Å²) in [4.78, 5) is 31.3. The number of aromatic nitrogens is 5. The van der Waals surface area contributed by atoms with Gasteiger partial charge in [-0.05, 0) is 61.6 Å².